The highest BCUT2D eigenvalue weighted by molar-refractivity contribution is 6.66. The van der Waals surface area contributed by atoms with Crippen molar-refractivity contribution in [2.45, 2.75) is 74.4 Å². The van der Waals surface area contributed by atoms with E-state index < -0.39 is 5.24 Å². The highest BCUT2D eigenvalue weighted by Gasteiger charge is 2.32. The molecular weight excluding hydrogens is 1940 g/mol. The van der Waals surface area contributed by atoms with Crippen LogP contribution in [-0.4, -0.2) is 203 Å². The van der Waals surface area contributed by atoms with Crippen LogP contribution in [0, 0.1) is 5.92 Å². The average Bonchev–Trinajstić information content (AvgIpc) is 0.785. The molecule has 8 aromatic carbocycles. The van der Waals surface area contributed by atoms with E-state index in [1.165, 1.54) is 48.7 Å². The molecule has 12 aromatic rings. The minimum Gasteiger partial charge on any atom is -0.495 e. The lowest BCUT2D eigenvalue weighted by atomic mass is 9.90. The zero-order valence-electron chi connectivity index (χ0n) is 73.3. The summed E-state index contributed by atoms with van der Waals surface area (Å²) in [5.41, 5.74) is 37.2. The molecule has 704 valence electrons. The van der Waals surface area contributed by atoms with Crippen LogP contribution in [0.25, 0.3) is 109 Å². The van der Waals surface area contributed by atoms with Crippen LogP contribution in [0.2, 0.25) is 45.5 Å². The Kier molecular flexibility index (Phi) is 38.6. The Labute approximate surface area is 820 Å². The monoisotopic (exact) mass is 2020 g/mol. The van der Waals surface area contributed by atoms with E-state index in [4.69, 9.17) is 195 Å². The van der Waals surface area contributed by atoms with Crippen LogP contribution in [0.3, 0.4) is 0 Å². The molecule has 134 heavy (non-hydrogen) atoms. The largest absolute Gasteiger partial charge is 0.495 e. The van der Waals surface area contributed by atoms with E-state index >= 15 is 0 Å². The number of fused-ring (bicyclic) bond motifs is 4. The van der Waals surface area contributed by atoms with Crippen LogP contribution in [-0.2, 0) is 28.5 Å². The molecule has 0 radical (unpaired) electrons. The predicted octanol–water partition coefficient (Wildman–Crippen LogP) is 21.9. The van der Waals surface area contributed by atoms with Gasteiger partial charge < -0.3 is 84.3 Å². The molecule has 8 atom stereocenters. The fourth-order valence-electron chi connectivity index (χ4n) is 14.5. The Hall–Kier alpha value is -11.0. The molecular formula is C91H91Cl10N19O14. The molecule has 0 spiro atoms. The Bertz CT molecular complexity index is 6240. The molecule has 0 amide bonds. The number of aromatic nitrogens is 8. The SMILES string of the molecule is C=CC(=O)C[C@H]1CCOC[C@H]1Nc1ncc2cc(-c3c(Cl)c(OC)cc(OC)c3Cl)ccc2n1.C=CC(=O)Cl.COc1cc(OC)c(Cl)c(-c2ccc3nc(Cl)ncc3c2)c1Cl.COc1cc(OC)c(Cl)c(-c2ccc3nc(N[C@@H]4COCC[C@@H]4N)ncc3c2)c1Cl.COc1cc(OC)c(Cl)c(-c2ccc3nc(N[C@@H]4COCC[C@@H]4N=[N+]=[N-])ncc3c2)c1Cl.[N-]=[N+]=N[C@H]1CCOC[C@H]1N. The average molecular weight is 2030 g/mol. The third-order valence-electron chi connectivity index (χ3n) is 21.5. The second-order valence-corrected chi connectivity index (χ2v) is 33.4. The number of hydrogen-bond acceptors (Lipinski definition) is 29. The van der Waals surface area contributed by atoms with Gasteiger partial charge in [-0.25, -0.2) is 39.9 Å². The van der Waals surface area contributed by atoms with Gasteiger partial charge in [-0.1, -0.05) is 140 Å². The van der Waals surface area contributed by atoms with Crippen LogP contribution >= 0.6 is 116 Å². The third kappa shape index (κ3) is 26.0. The highest BCUT2D eigenvalue weighted by Crippen LogP contribution is 2.51. The smallest absolute Gasteiger partial charge is 0.244 e. The van der Waals surface area contributed by atoms with Crippen molar-refractivity contribution < 1.29 is 66.4 Å². The number of nitrogens with one attached hydrogen (secondary N) is 3. The van der Waals surface area contributed by atoms with Gasteiger partial charge in [-0.3, -0.25) is 9.59 Å². The lowest BCUT2D eigenvalue weighted by molar-refractivity contribution is -0.116. The summed E-state index contributed by atoms with van der Waals surface area (Å²) in [6, 6.07) is 28.6. The zero-order chi connectivity index (χ0) is 96.4. The number of carbonyl (C=O) groups is 2. The fraction of sp³-hybridized carbons (Fsp3) is 0.319. The van der Waals surface area contributed by atoms with E-state index in [2.05, 4.69) is 89.0 Å². The van der Waals surface area contributed by atoms with Crippen molar-refractivity contribution in [2.24, 2.45) is 27.6 Å². The van der Waals surface area contributed by atoms with Crippen LogP contribution in [0.5, 0.6) is 46.0 Å². The summed E-state index contributed by atoms with van der Waals surface area (Å²) in [6.45, 7) is 11.1. The van der Waals surface area contributed by atoms with Crippen LogP contribution < -0.4 is 65.3 Å². The minimum atomic E-state index is -0.509. The number of carbonyl (C=O) groups excluding carboxylic acids is 2. The summed E-state index contributed by atoms with van der Waals surface area (Å²) < 4.78 is 64.5. The number of allylic oxidation sites excluding steroid dienone is 2. The van der Waals surface area contributed by atoms with Gasteiger partial charge in [-0.05, 0) is 149 Å². The number of hydrogen-bond donors (Lipinski definition) is 5. The van der Waals surface area contributed by atoms with Gasteiger partial charge in [0.2, 0.25) is 28.4 Å². The quantitative estimate of drug-likeness (QED) is 0.00936. The summed E-state index contributed by atoms with van der Waals surface area (Å²) >= 11 is 62.7. The van der Waals surface area contributed by atoms with Gasteiger partial charge in [0.1, 0.15) is 46.0 Å². The molecule has 7 N–H and O–H groups in total. The maximum Gasteiger partial charge on any atom is 0.244 e. The Morgan fingerprint density at radius 1 is 0.410 bits per heavy atom. The van der Waals surface area contributed by atoms with Crippen molar-refractivity contribution in [1.29, 1.82) is 0 Å². The van der Waals surface area contributed by atoms with Gasteiger partial charge in [-0.15, -0.1) is 0 Å². The number of azide groups is 2. The molecule has 4 aliphatic heterocycles. The fourth-order valence-corrected chi connectivity index (χ4v) is 17.5. The van der Waals surface area contributed by atoms with Gasteiger partial charge in [0.25, 0.3) is 0 Å². The maximum atomic E-state index is 11.9. The predicted molar refractivity (Wildman–Crippen MR) is 528 cm³/mol. The summed E-state index contributed by atoms with van der Waals surface area (Å²) in [6.07, 6.45) is 12.7. The van der Waals surface area contributed by atoms with Gasteiger partial charge in [0.05, 0.1) is 176 Å². The summed E-state index contributed by atoms with van der Waals surface area (Å²) in [7, 11) is 12.3. The minimum absolute atomic E-state index is 0.00717. The summed E-state index contributed by atoms with van der Waals surface area (Å²) in [5.74, 6) is 5.36. The van der Waals surface area contributed by atoms with Crippen molar-refractivity contribution in [3.63, 3.8) is 0 Å². The van der Waals surface area contributed by atoms with Gasteiger partial charge in [0, 0.05) is 148 Å². The van der Waals surface area contributed by atoms with Crippen LogP contribution in [0.15, 0.2) is 157 Å². The molecule has 0 saturated carbocycles. The molecule has 8 heterocycles. The first kappa shape index (κ1) is 104. The van der Waals surface area contributed by atoms with Gasteiger partial charge in [-0.2, -0.15) is 0 Å². The number of nitrogens with zero attached hydrogens (tertiary/aromatic N) is 14. The summed E-state index contributed by atoms with van der Waals surface area (Å²) in [5, 5.41) is 23.4. The van der Waals surface area contributed by atoms with Crippen molar-refractivity contribution in [1.82, 2.24) is 39.9 Å². The van der Waals surface area contributed by atoms with Crippen molar-refractivity contribution in [2.75, 3.05) is 126 Å². The Balaban J connectivity index is 0.000000164. The molecule has 4 aliphatic rings. The van der Waals surface area contributed by atoms with E-state index in [0.29, 0.717) is 192 Å². The second kappa shape index (κ2) is 50.0. The van der Waals surface area contributed by atoms with E-state index in [0.717, 1.165) is 91.2 Å². The molecule has 0 unspecified atom stereocenters. The standard InChI is InChI=1S/C25H25Cl2N3O4.C21H20Cl2N6O3.C21H22Cl2N4O3.C16H11Cl3N2O2.C5H10N4O.C3H3ClO/c1-4-17(31)10-14-7-8-34-13-19(14)30-25-28-12-16-9-15(5-6-18(16)29-25)22-23(26)20(32-2)11-21(33-3)24(22)27;1-30-16-8-17(31-2)20(23)18(19(16)22)11-3-4-13-12(7-11)9-25-21(26-13)27-15-10-32-6-5-14(15)28-29-24;1-28-16-8-17(29-2)20(23)18(19(16)22)11-3-4-14-12(7-11)9-25-21(26-14)27-15-10-30-6-5-13(15)24;1-22-11-6-12(23-2)15(18)13(14(11)17)8-3-4-10-9(5-8)7-20-16(19)21-10;6-4-3-10-2-1-5(4)8-9-7;1-2-3(4)5/h4-6,9,11-12,14,19H,1,7-8,10,13H2,2-3H3,(H,28,29,30);3-4,7-9,14-15H,5-6,10H2,1-2H3,(H,25,26,27);3-4,7-9,13,15H,5-6,10,24H2,1-2H3,(H,25,26,27);3-7H,1-2H3;4-5H,1-3,6H2;2H,1H2/t14-,19-;14-,15+;13-,15+;;4-,5+;/m100.1./s1. The van der Waals surface area contributed by atoms with Crippen LogP contribution in [0.4, 0.5) is 17.8 Å². The first-order valence-electron chi connectivity index (χ1n) is 41.0. The van der Waals surface area contributed by atoms with Crippen molar-refractivity contribution >= 4 is 188 Å². The van der Waals surface area contributed by atoms with Gasteiger partial charge in [0.15, 0.2) is 5.78 Å². The Morgan fingerprint density at radius 2 is 0.709 bits per heavy atom. The molecule has 4 fully saturated rings. The van der Waals surface area contributed by atoms with E-state index in [1.807, 2.05) is 72.8 Å². The van der Waals surface area contributed by atoms with E-state index in [-0.39, 0.29) is 59.3 Å². The van der Waals surface area contributed by atoms with Crippen LogP contribution in [0.1, 0.15) is 32.1 Å². The number of rotatable bonds is 24. The highest BCUT2D eigenvalue weighted by atomic mass is 35.5. The van der Waals surface area contributed by atoms with Crippen molar-refractivity contribution in [3.8, 4) is 90.5 Å². The maximum absolute atomic E-state index is 11.9. The summed E-state index contributed by atoms with van der Waals surface area (Å²) in [4.78, 5) is 62.3. The molecule has 0 aliphatic carbocycles. The number of ketones is 1. The number of methoxy groups -OCH3 is 8. The molecule has 16 rings (SSSR count). The van der Waals surface area contributed by atoms with E-state index in [9.17, 15) is 9.59 Å². The van der Waals surface area contributed by atoms with Gasteiger partial charge >= 0.3 is 0 Å². The van der Waals surface area contributed by atoms with E-state index in [1.54, 1.807) is 63.3 Å². The topological polar surface area (TPSA) is 434 Å². The number of ether oxygens (including phenoxy) is 12. The molecule has 4 aromatic heterocycles. The molecule has 43 heteroatoms. The Morgan fingerprint density at radius 3 is 1.04 bits per heavy atom. The number of halogens is 10. The number of nitrogens with two attached hydrogens (primary N) is 2. The lowest BCUT2D eigenvalue weighted by Gasteiger charge is -2.31. The normalized spacial score (nSPS) is 17.7. The second-order valence-electron chi connectivity index (χ2n) is 29.7. The third-order valence-corrected chi connectivity index (χ3v) is 24.9. The number of anilines is 3. The molecule has 33 nitrogen and oxygen atoms in total. The molecule has 4 saturated heterocycles. The molecule has 0 bridgehead atoms. The zero-order valence-corrected chi connectivity index (χ0v) is 80.9. The first-order chi connectivity index (χ1) is 64.7. The first-order valence-corrected chi connectivity index (χ1v) is 44.8. The van der Waals surface area contributed by atoms with Crippen molar-refractivity contribution in [3.05, 3.63) is 214 Å². The lowest BCUT2D eigenvalue weighted by Crippen LogP contribution is -2.47. The number of benzene rings is 8.